The van der Waals surface area contributed by atoms with Crippen LogP contribution >= 0.6 is 11.6 Å². The molecule has 1 aliphatic carbocycles. The van der Waals surface area contributed by atoms with Gasteiger partial charge in [-0.25, -0.2) is 0 Å². The summed E-state index contributed by atoms with van der Waals surface area (Å²) in [5.41, 5.74) is 1.17. The largest absolute Gasteiger partial charge is 0.311 e. The van der Waals surface area contributed by atoms with Crippen LogP contribution in [0.5, 0.6) is 0 Å². The summed E-state index contributed by atoms with van der Waals surface area (Å²) in [5.74, 6) is 0.671. The molecule has 1 saturated carbocycles. The average molecular weight is 313 g/mol. The van der Waals surface area contributed by atoms with Crippen molar-refractivity contribution in [2.24, 2.45) is 5.92 Å². The summed E-state index contributed by atoms with van der Waals surface area (Å²) in [6.07, 6.45) is 9.81. The first-order valence-electron chi connectivity index (χ1n) is 8.16. The minimum Gasteiger partial charge on any atom is -0.311 e. The van der Waals surface area contributed by atoms with E-state index in [0.29, 0.717) is 12.0 Å². The van der Waals surface area contributed by atoms with Crippen LogP contribution in [0.15, 0.2) is 6.20 Å². The van der Waals surface area contributed by atoms with Crippen LogP contribution in [0, 0.1) is 5.92 Å². The predicted molar refractivity (Wildman–Crippen MR) is 88.8 cm³/mol. The molecule has 2 rings (SSSR count). The van der Waals surface area contributed by atoms with E-state index in [1.165, 1.54) is 44.2 Å². The van der Waals surface area contributed by atoms with Gasteiger partial charge in [-0.05, 0) is 39.9 Å². The van der Waals surface area contributed by atoms with Crippen molar-refractivity contribution in [3.05, 3.63) is 16.9 Å². The molecule has 4 nitrogen and oxygen atoms in total. The van der Waals surface area contributed by atoms with Crippen LogP contribution in [0.4, 0.5) is 0 Å². The summed E-state index contributed by atoms with van der Waals surface area (Å²) in [4.78, 5) is 2.18. The van der Waals surface area contributed by atoms with Gasteiger partial charge in [0.25, 0.3) is 0 Å². The lowest BCUT2D eigenvalue weighted by molar-refractivity contribution is 0.312. The van der Waals surface area contributed by atoms with Crippen molar-refractivity contribution in [3.63, 3.8) is 0 Å². The van der Waals surface area contributed by atoms with Crippen LogP contribution < -0.4 is 5.32 Å². The average Bonchev–Trinajstić information content (AvgIpc) is 2.68. The molecule has 1 N–H and O–H groups in total. The summed E-state index contributed by atoms with van der Waals surface area (Å²) in [6.45, 7) is 1.87. The van der Waals surface area contributed by atoms with Gasteiger partial charge < -0.3 is 10.2 Å². The number of rotatable bonds is 6. The zero-order valence-corrected chi connectivity index (χ0v) is 14.4. The molecule has 1 unspecified atom stereocenters. The summed E-state index contributed by atoms with van der Waals surface area (Å²) in [6, 6.07) is 0.320. The smallest absolute Gasteiger partial charge is 0.0834 e. The first kappa shape index (κ1) is 16.8. The Morgan fingerprint density at radius 2 is 2.00 bits per heavy atom. The number of nitrogens with zero attached hydrogens (tertiary/aromatic N) is 3. The van der Waals surface area contributed by atoms with Gasteiger partial charge in [0.1, 0.15) is 0 Å². The van der Waals surface area contributed by atoms with Gasteiger partial charge in [0.05, 0.1) is 29.5 Å². The van der Waals surface area contributed by atoms with E-state index >= 15 is 0 Å². The second-order valence-corrected chi connectivity index (χ2v) is 6.83. The highest BCUT2D eigenvalue weighted by Gasteiger charge is 2.27. The molecule has 0 aromatic carbocycles. The van der Waals surface area contributed by atoms with Crippen LogP contribution in [0.25, 0.3) is 0 Å². The van der Waals surface area contributed by atoms with Gasteiger partial charge in [-0.2, -0.15) is 5.10 Å². The quantitative estimate of drug-likeness (QED) is 0.818. The number of likely N-dealkylation sites (N-methyl/N-ethyl adjacent to an activating group) is 1. The molecule has 0 spiro atoms. The molecule has 1 aliphatic rings. The zero-order chi connectivity index (χ0) is 15.2. The minimum absolute atomic E-state index is 0.320. The number of nitrogens with one attached hydrogen (secondary N) is 1. The van der Waals surface area contributed by atoms with Crippen molar-refractivity contribution in [2.75, 3.05) is 27.7 Å². The highest BCUT2D eigenvalue weighted by Crippen LogP contribution is 2.36. The van der Waals surface area contributed by atoms with E-state index < -0.39 is 0 Å². The first-order valence-corrected chi connectivity index (χ1v) is 8.54. The minimum atomic E-state index is 0.320. The Morgan fingerprint density at radius 3 is 2.57 bits per heavy atom. The fourth-order valence-electron chi connectivity index (χ4n) is 3.39. The van der Waals surface area contributed by atoms with E-state index in [1.807, 2.05) is 0 Å². The number of hydrogen-bond acceptors (Lipinski definition) is 3. The van der Waals surface area contributed by atoms with Gasteiger partial charge >= 0.3 is 0 Å². The standard InChI is InChI=1S/C16H29ClN4/c1-18-15(13-8-6-4-5-7-9-13)16-14(17)12-19-21(16)11-10-20(2)3/h12-13,15,18H,4-11H2,1-3H3. The predicted octanol–water partition coefficient (Wildman–Crippen LogP) is 3.33. The van der Waals surface area contributed by atoms with Gasteiger partial charge in [0.15, 0.2) is 0 Å². The van der Waals surface area contributed by atoms with Gasteiger partial charge in [-0.1, -0.05) is 37.3 Å². The molecule has 0 saturated heterocycles. The third-order valence-corrected chi connectivity index (χ3v) is 4.86. The molecule has 1 atom stereocenters. The molecule has 1 aromatic rings. The van der Waals surface area contributed by atoms with Gasteiger partial charge in [0.2, 0.25) is 0 Å². The summed E-state index contributed by atoms with van der Waals surface area (Å²) >= 11 is 6.46. The van der Waals surface area contributed by atoms with E-state index in [-0.39, 0.29) is 0 Å². The van der Waals surface area contributed by atoms with Crippen LogP contribution in [-0.2, 0) is 6.54 Å². The van der Waals surface area contributed by atoms with Crippen molar-refractivity contribution in [1.29, 1.82) is 0 Å². The van der Waals surface area contributed by atoms with Crippen molar-refractivity contribution >= 4 is 11.6 Å². The van der Waals surface area contributed by atoms with Gasteiger partial charge in [-0.3, -0.25) is 4.68 Å². The third kappa shape index (κ3) is 4.44. The molecule has 0 bridgehead atoms. The van der Waals surface area contributed by atoms with Gasteiger partial charge in [-0.15, -0.1) is 0 Å². The highest BCUT2D eigenvalue weighted by atomic mass is 35.5. The monoisotopic (exact) mass is 312 g/mol. The van der Waals surface area contributed by atoms with Crippen molar-refractivity contribution in [2.45, 2.75) is 51.1 Å². The molecule has 1 fully saturated rings. The summed E-state index contributed by atoms with van der Waals surface area (Å²) < 4.78 is 2.09. The molecule has 120 valence electrons. The maximum absolute atomic E-state index is 6.46. The molecule has 0 amide bonds. The van der Waals surface area contributed by atoms with Crippen LogP contribution in [-0.4, -0.2) is 42.4 Å². The van der Waals surface area contributed by atoms with Gasteiger partial charge in [0, 0.05) is 6.54 Å². The van der Waals surface area contributed by atoms with Crippen molar-refractivity contribution < 1.29 is 0 Å². The number of halogens is 1. The number of hydrogen-bond donors (Lipinski definition) is 1. The molecular formula is C16H29ClN4. The molecule has 1 aromatic heterocycles. The van der Waals surface area contributed by atoms with E-state index in [0.717, 1.165) is 18.1 Å². The lowest BCUT2D eigenvalue weighted by atomic mass is 9.89. The molecule has 0 radical (unpaired) electrons. The Balaban J connectivity index is 2.17. The first-order chi connectivity index (χ1) is 10.1. The third-order valence-electron chi connectivity index (χ3n) is 4.57. The Bertz CT molecular complexity index is 422. The normalized spacial score (nSPS) is 18.9. The van der Waals surface area contributed by atoms with Crippen LogP contribution in [0.1, 0.15) is 50.3 Å². The summed E-state index contributed by atoms with van der Waals surface area (Å²) in [7, 11) is 6.23. The molecule has 5 heteroatoms. The highest BCUT2D eigenvalue weighted by molar-refractivity contribution is 6.31. The lowest BCUT2D eigenvalue weighted by Crippen LogP contribution is -2.29. The van der Waals surface area contributed by atoms with Crippen molar-refractivity contribution in [3.8, 4) is 0 Å². The molecule has 1 heterocycles. The Kier molecular flexibility index (Phi) is 6.52. The maximum atomic E-state index is 6.46. The lowest BCUT2D eigenvalue weighted by Gasteiger charge is -2.27. The fraction of sp³-hybridized carbons (Fsp3) is 0.812. The van der Waals surface area contributed by atoms with Crippen LogP contribution in [0.2, 0.25) is 5.02 Å². The van der Waals surface area contributed by atoms with E-state index in [2.05, 4.69) is 41.1 Å². The van der Waals surface area contributed by atoms with Crippen molar-refractivity contribution in [1.82, 2.24) is 20.0 Å². The summed E-state index contributed by atoms with van der Waals surface area (Å²) in [5, 5.41) is 8.81. The fourth-order valence-corrected chi connectivity index (χ4v) is 3.65. The van der Waals surface area contributed by atoms with Crippen LogP contribution in [0.3, 0.4) is 0 Å². The van der Waals surface area contributed by atoms with E-state index in [4.69, 9.17) is 11.6 Å². The molecular weight excluding hydrogens is 284 g/mol. The molecule has 0 aliphatic heterocycles. The second kappa shape index (κ2) is 8.16. The topological polar surface area (TPSA) is 33.1 Å². The Labute approximate surface area is 133 Å². The SMILES string of the molecule is CNC(c1c(Cl)cnn1CCN(C)C)C1CCCCCC1. The Hall–Kier alpha value is -0.580. The van der Waals surface area contributed by atoms with E-state index in [9.17, 15) is 0 Å². The number of aromatic nitrogens is 2. The maximum Gasteiger partial charge on any atom is 0.0834 e. The second-order valence-electron chi connectivity index (χ2n) is 6.42. The molecule has 21 heavy (non-hydrogen) atoms. The van der Waals surface area contributed by atoms with E-state index in [1.54, 1.807) is 6.20 Å². The Morgan fingerprint density at radius 1 is 1.33 bits per heavy atom. The zero-order valence-electron chi connectivity index (χ0n) is 13.6.